The number of halogens is 6. The van der Waals surface area contributed by atoms with Crippen LogP contribution in [0.25, 0.3) is 11.3 Å². The predicted octanol–water partition coefficient (Wildman–Crippen LogP) is 3.69. The summed E-state index contributed by atoms with van der Waals surface area (Å²) in [5.74, 6) is -1.84. The van der Waals surface area contributed by atoms with Gasteiger partial charge in [0.25, 0.3) is 0 Å². The third-order valence-corrected chi connectivity index (χ3v) is 3.60. The molecule has 28 heavy (non-hydrogen) atoms. The van der Waals surface area contributed by atoms with Gasteiger partial charge in [-0.25, -0.2) is 9.97 Å². The Morgan fingerprint density at radius 1 is 1.14 bits per heavy atom. The average Bonchev–Trinajstić information content (AvgIpc) is 2.63. The molecule has 0 spiro atoms. The van der Waals surface area contributed by atoms with Crippen molar-refractivity contribution < 1.29 is 31.5 Å². The number of alkyl halides is 6. The minimum atomic E-state index is -4.50. The number of ether oxygens (including phenoxy) is 1. The lowest BCUT2D eigenvalue weighted by atomic mass is 10.2. The highest BCUT2D eigenvalue weighted by molar-refractivity contribution is 9.10. The summed E-state index contributed by atoms with van der Waals surface area (Å²) >= 11 is 1.89. The zero-order valence-electron chi connectivity index (χ0n) is 14.1. The molecule has 0 radical (unpaired) electrons. The predicted molar refractivity (Wildman–Crippen MR) is 91.7 cm³/mol. The second kappa shape index (κ2) is 8.63. The number of amides is 1. The molecule has 0 aliphatic heterocycles. The highest BCUT2D eigenvalue weighted by Crippen LogP contribution is 2.27. The Bertz CT molecular complexity index is 796. The van der Waals surface area contributed by atoms with Gasteiger partial charge in [-0.2, -0.15) is 22.0 Å². The summed E-state index contributed by atoms with van der Waals surface area (Å²) < 4.78 is 68.3. The lowest BCUT2D eigenvalue weighted by Gasteiger charge is -2.19. The first-order chi connectivity index (χ1) is 13.0. The number of anilines is 1. The van der Waals surface area contributed by atoms with Crippen molar-refractivity contribution in [1.29, 1.82) is 0 Å². The highest BCUT2D eigenvalue weighted by atomic mass is 79.9. The number of nitrogens with one attached hydrogen (secondary N) is 2. The zero-order chi connectivity index (χ0) is 20.9. The molecule has 0 fully saturated rings. The first-order valence-electron chi connectivity index (χ1n) is 7.65. The van der Waals surface area contributed by atoms with Crippen LogP contribution < -0.4 is 15.6 Å². The van der Waals surface area contributed by atoms with Crippen LogP contribution in [0.3, 0.4) is 0 Å². The Morgan fingerprint density at radius 2 is 1.86 bits per heavy atom. The molecule has 0 bridgehead atoms. The summed E-state index contributed by atoms with van der Waals surface area (Å²) in [5, 5.41) is 0. The Labute approximate surface area is 163 Å². The van der Waals surface area contributed by atoms with Crippen molar-refractivity contribution in [1.82, 2.24) is 20.4 Å². The highest BCUT2D eigenvalue weighted by Gasteiger charge is 2.40. The van der Waals surface area contributed by atoms with Gasteiger partial charge in [0.05, 0.1) is 18.1 Å². The normalized spacial score (nSPS) is 13.0. The molecule has 2 heterocycles. The van der Waals surface area contributed by atoms with Crippen LogP contribution in [-0.4, -0.2) is 38.0 Å². The summed E-state index contributed by atoms with van der Waals surface area (Å²) in [6.07, 6.45) is -3.06. The van der Waals surface area contributed by atoms with Crippen molar-refractivity contribution in [2.24, 2.45) is 0 Å². The second-order valence-corrected chi connectivity index (χ2v) is 6.30. The van der Waals surface area contributed by atoms with E-state index in [0.717, 1.165) is 6.20 Å². The van der Waals surface area contributed by atoms with Crippen LogP contribution in [0.2, 0.25) is 0 Å². The topological polar surface area (TPSA) is 89.0 Å². The third kappa shape index (κ3) is 5.97. The van der Waals surface area contributed by atoms with Crippen molar-refractivity contribution in [2.45, 2.75) is 30.5 Å². The van der Waals surface area contributed by atoms with E-state index in [-0.39, 0.29) is 18.1 Å². The Morgan fingerprint density at radius 3 is 2.32 bits per heavy atom. The minimum absolute atomic E-state index is 0.0160. The van der Waals surface area contributed by atoms with Gasteiger partial charge in [0, 0.05) is 33.8 Å². The smallest absolute Gasteiger partial charge is 0.425 e. The molecule has 0 aliphatic rings. The van der Waals surface area contributed by atoms with Gasteiger partial charge in [0.2, 0.25) is 5.88 Å². The summed E-state index contributed by atoms with van der Waals surface area (Å²) in [6, 6.07) is 2.70. The Hall–Kier alpha value is -2.57. The van der Waals surface area contributed by atoms with Crippen LogP contribution in [0.4, 0.5) is 27.8 Å². The number of rotatable bonds is 7. The van der Waals surface area contributed by atoms with Gasteiger partial charge in [-0.15, -0.1) is 0 Å². The number of aromatic nitrogens is 3. The quantitative estimate of drug-likeness (QED) is 0.365. The second-order valence-electron chi connectivity index (χ2n) is 5.31. The Balaban J connectivity index is 2.01. The van der Waals surface area contributed by atoms with Crippen LogP contribution >= 0.6 is 15.9 Å². The van der Waals surface area contributed by atoms with Crippen LogP contribution in [0.5, 0.6) is 5.88 Å². The summed E-state index contributed by atoms with van der Waals surface area (Å²) in [6.45, 7) is 1.35. The number of carbonyl (C=O) groups is 1. The zero-order valence-corrected chi connectivity index (χ0v) is 15.7. The molecule has 2 aromatic rings. The SMILES string of the molecule is CCC(Oc1ccc(-c2cnc(NNC(=O)C(F)(F)Br)cn2)cn1)C(F)(F)F. The monoisotopic (exact) mass is 469 g/mol. The van der Waals surface area contributed by atoms with Gasteiger partial charge in [-0.3, -0.25) is 20.6 Å². The van der Waals surface area contributed by atoms with E-state index in [0.29, 0.717) is 11.3 Å². The molecule has 2 rings (SSSR count). The molecule has 1 atom stereocenters. The van der Waals surface area contributed by atoms with Gasteiger partial charge in [0.15, 0.2) is 11.9 Å². The standard InChI is InChI=1S/C15H13BrF5N5O2/c1-2-10(15(19,20)21)28-12-4-3-8(5-24-12)9-6-23-11(7-22-9)25-26-13(27)14(16,17)18/h3-7,10H,2H2,1H3,(H,23,25)(H,26,27). The fraction of sp³-hybridized carbons (Fsp3) is 0.333. The van der Waals surface area contributed by atoms with E-state index < -0.39 is 23.0 Å². The number of hydrazine groups is 1. The number of hydrogen-bond acceptors (Lipinski definition) is 6. The van der Waals surface area contributed by atoms with Crippen LogP contribution in [0, 0.1) is 0 Å². The van der Waals surface area contributed by atoms with Gasteiger partial charge < -0.3 is 4.74 Å². The van der Waals surface area contributed by atoms with Crippen LogP contribution in [-0.2, 0) is 4.79 Å². The van der Waals surface area contributed by atoms with Gasteiger partial charge in [-0.05, 0) is 12.5 Å². The van der Waals surface area contributed by atoms with Crippen LogP contribution in [0.1, 0.15) is 13.3 Å². The molecular weight excluding hydrogens is 457 g/mol. The van der Waals surface area contributed by atoms with E-state index in [4.69, 9.17) is 4.74 Å². The third-order valence-electron chi connectivity index (χ3n) is 3.24. The molecule has 1 unspecified atom stereocenters. The maximum Gasteiger partial charge on any atom is 0.425 e. The van der Waals surface area contributed by atoms with E-state index in [2.05, 4.69) is 20.4 Å². The van der Waals surface area contributed by atoms with E-state index in [1.165, 1.54) is 31.5 Å². The molecule has 2 N–H and O–H groups in total. The van der Waals surface area contributed by atoms with E-state index in [9.17, 15) is 26.7 Å². The van der Waals surface area contributed by atoms with E-state index in [1.54, 1.807) is 5.43 Å². The van der Waals surface area contributed by atoms with E-state index in [1.807, 2.05) is 15.9 Å². The van der Waals surface area contributed by atoms with E-state index >= 15 is 0 Å². The number of hydrogen-bond donors (Lipinski definition) is 2. The average molecular weight is 470 g/mol. The fourth-order valence-corrected chi connectivity index (χ4v) is 1.96. The Kier molecular flexibility index (Phi) is 6.69. The fourth-order valence-electron chi connectivity index (χ4n) is 1.86. The molecule has 13 heteroatoms. The molecule has 1 amide bonds. The maximum absolute atomic E-state index is 12.7. The molecular formula is C15H13BrF5N5O2. The van der Waals surface area contributed by atoms with Crippen molar-refractivity contribution in [3.8, 4) is 17.1 Å². The van der Waals surface area contributed by atoms with Gasteiger partial charge >= 0.3 is 16.9 Å². The van der Waals surface area contributed by atoms with Crippen molar-refractivity contribution in [3.05, 3.63) is 30.7 Å². The lowest BCUT2D eigenvalue weighted by Crippen LogP contribution is -2.39. The minimum Gasteiger partial charge on any atom is -0.465 e. The molecule has 0 aliphatic carbocycles. The number of carbonyl (C=O) groups excluding carboxylic acids is 1. The molecule has 152 valence electrons. The molecule has 7 nitrogen and oxygen atoms in total. The van der Waals surface area contributed by atoms with Gasteiger partial charge in [0.1, 0.15) is 0 Å². The molecule has 2 aromatic heterocycles. The first kappa shape index (κ1) is 21.7. The van der Waals surface area contributed by atoms with Crippen molar-refractivity contribution in [3.63, 3.8) is 0 Å². The number of pyridine rings is 1. The van der Waals surface area contributed by atoms with Crippen LogP contribution in [0.15, 0.2) is 30.7 Å². The molecule has 0 aromatic carbocycles. The lowest BCUT2D eigenvalue weighted by molar-refractivity contribution is -0.196. The largest absolute Gasteiger partial charge is 0.465 e. The maximum atomic E-state index is 12.7. The van der Waals surface area contributed by atoms with Gasteiger partial charge in [-0.1, -0.05) is 6.92 Å². The summed E-state index contributed by atoms with van der Waals surface area (Å²) in [7, 11) is 0. The summed E-state index contributed by atoms with van der Waals surface area (Å²) in [4.78, 5) is 18.9. The first-order valence-corrected chi connectivity index (χ1v) is 8.45. The van der Waals surface area contributed by atoms with Crippen molar-refractivity contribution >= 4 is 27.7 Å². The summed E-state index contributed by atoms with van der Waals surface area (Å²) in [5.41, 5.74) is 4.63. The number of nitrogens with zero attached hydrogens (tertiary/aromatic N) is 3. The molecule has 0 saturated heterocycles. The molecule has 0 saturated carbocycles. The van der Waals surface area contributed by atoms with Crippen molar-refractivity contribution in [2.75, 3.05) is 5.43 Å².